The summed E-state index contributed by atoms with van der Waals surface area (Å²) in [6.07, 6.45) is 5.36. The van der Waals surface area contributed by atoms with E-state index in [9.17, 15) is 9.59 Å². The van der Waals surface area contributed by atoms with Crippen molar-refractivity contribution < 1.29 is 9.59 Å². The Hall–Kier alpha value is -2.79. The minimum absolute atomic E-state index is 0.234. The second kappa shape index (κ2) is 7.68. The van der Waals surface area contributed by atoms with E-state index in [1.54, 1.807) is 11.8 Å². The molecule has 0 atom stereocenters. The third-order valence-corrected chi connectivity index (χ3v) is 5.87. The Balaban J connectivity index is 1.72. The summed E-state index contributed by atoms with van der Waals surface area (Å²) >= 11 is 1.65. The maximum Gasteiger partial charge on any atom is 0.258 e. The van der Waals surface area contributed by atoms with Gasteiger partial charge in [-0.1, -0.05) is 49.7 Å². The van der Waals surface area contributed by atoms with Gasteiger partial charge in [-0.2, -0.15) is 0 Å². The molecule has 2 aromatic rings. The third kappa shape index (κ3) is 3.27. The van der Waals surface area contributed by atoms with E-state index >= 15 is 0 Å². The van der Waals surface area contributed by atoms with E-state index in [0.29, 0.717) is 22.5 Å². The van der Waals surface area contributed by atoms with E-state index in [4.69, 9.17) is 0 Å². The number of nitrogens with one attached hydrogen (secondary N) is 2. The van der Waals surface area contributed by atoms with Gasteiger partial charge in [-0.25, -0.2) is 0 Å². The van der Waals surface area contributed by atoms with Gasteiger partial charge < -0.3 is 10.6 Å². The molecule has 0 saturated carbocycles. The van der Waals surface area contributed by atoms with Crippen molar-refractivity contribution in [1.82, 2.24) is 10.6 Å². The van der Waals surface area contributed by atoms with Crippen molar-refractivity contribution in [1.29, 1.82) is 0 Å². The molecule has 2 N–H and O–H groups in total. The zero-order chi connectivity index (χ0) is 19.7. The number of carbonyl (C=O) groups is 2. The molecular weight excluding hydrogens is 368 g/mol. The second-order valence-corrected chi connectivity index (χ2v) is 7.82. The lowest BCUT2D eigenvalue weighted by atomic mass is 10.0. The number of fused-ring (bicyclic) bond motifs is 1. The fourth-order valence-electron chi connectivity index (χ4n) is 3.59. The smallest absolute Gasteiger partial charge is 0.258 e. The van der Waals surface area contributed by atoms with Crippen LogP contribution in [0.3, 0.4) is 0 Å². The monoisotopic (exact) mass is 390 g/mol. The predicted molar refractivity (Wildman–Crippen MR) is 113 cm³/mol. The van der Waals surface area contributed by atoms with Crippen LogP contribution in [0.15, 0.2) is 64.6 Å². The fourth-order valence-corrected chi connectivity index (χ4v) is 4.00. The number of thioether (sulfide) groups is 1. The molecule has 2 aromatic carbocycles. The van der Waals surface area contributed by atoms with Gasteiger partial charge >= 0.3 is 0 Å². The number of aryl methyl sites for hydroxylation is 1. The lowest BCUT2D eigenvalue weighted by Crippen LogP contribution is -2.21. The second-order valence-electron chi connectivity index (χ2n) is 6.94. The van der Waals surface area contributed by atoms with Gasteiger partial charge in [0.1, 0.15) is 0 Å². The van der Waals surface area contributed by atoms with Crippen molar-refractivity contribution in [2.75, 3.05) is 6.26 Å². The normalized spacial score (nSPS) is 15.8. The van der Waals surface area contributed by atoms with Gasteiger partial charge in [-0.3, -0.25) is 9.59 Å². The molecule has 142 valence electrons. The summed E-state index contributed by atoms with van der Waals surface area (Å²) in [6, 6.07) is 16.0. The van der Waals surface area contributed by atoms with Crippen molar-refractivity contribution >= 4 is 35.0 Å². The molecule has 4 rings (SSSR count). The van der Waals surface area contributed by atoms with Crippen LogP contribution in [0.5, 0.6) is 0 Å². The molecule has 0 unspecified atom stereocenters. The number of hydrogen-bond donors (Lipinski definition) is 2. The van der Waals surface area contributed by atoms with Gasteiger partial charge in [-0.05, 0) is 47.9 Å². The highest BCUT2D eigenvalue weighted by Crippen LogP contribution is 2.37. The van der Waals surface area contributed by atoms with Crippen LogP contribution in [0.25, 0.3) is 11.4 Å². The molecule has 5 heteroatoms. The molecule has 0 radical (unpaired) electrons. The SMILES string of the molecule is CCCCc1ccc(C2=C3C(=O)NC(c4ccc(SC)cc4)=C3C(=O)N2)cc1. The van der Waals surface area contributed by atoms with Gasteiger partial charge in [0.25, 0.3) is 11.8 Å². The third-order valence-electron chi connectivity index (χ3n) is 5.12. The van der Waals surface area contributed by atoms with E-state index in [-0.39, 0.29) is 11.8 Å². The van der Waals surface area contributed by atoms with E-state index in [1.807, 2.05) is 42.7 Å². The summed E-state index contributed by atoms with van der Waals surface area (Å²) in [5.41, 5.74) is 5.01. The van der Waals surface area contributed by atoms with Crippen LogP contribution in [0, 0.1) is 0 Å². The van der Waals surface area contributed by atoms with Crippen LogP contribution in [0.1, 0.15) is 36.5 Å². The first-order valence-electron chi connectivity index (χ1n) is 9.47. The van der Waals surface area contributed by atoms with E-state index in [1.165, 1.54) is 5.56 Å². The number of carbonyl (C=O) groups excluding carboxylic acids is 2. The molecule has 0 fully saturated rings. The molecule has 2 amide bonds. The number of benzene rings is 2. The fraction of sp³-hybridized carbons (Fsp3) is 0.217. The standard InChI is InChI=1S/C23H22N2O2S/c1-3-4-5-14-6-8-15(9-7-14)20-18-19(23(27)24-20)21(25-22(18)26)16-10-12-17(28-2)13-11-16/h6-13H,3-5H2,1-2H3,(H,24,27)(H,25,26). The topological polar surface area (TPSA) is 58.2 Å². The first kappa shape index (κ1) is 18.6. The molecule has 0 aromatic heterocycles. The molecule has 4 nitrogen and oxygen atoms in total. The van der Waals surface area contributed by atoms with Crippen LogP contribution in [-0.4, -0.2) is 18.1 Å². The largest absolute Gasteiger partial charge is 0.321 e. The number of rotatable bonds is 6. The molecule has 2 aliphatic rings. The zero-order valence-corrected chi connectivity index (χ0v) is 16.8. The average molecular weight is 391 g/mol. The Morgan fingerprint density at radius 1 is 0.786 bits per heavy atom. The van der Waals surface area contributed by atoms with Gasteiger partial charge in [-0.15, -0.1) is 11.8 Å². The molecule has 0 saturated heterocycles. The summed E-state index contributed by atoms with van der Waals surface area (Å²) in [4.78, 5) is 26.5. The van der Waals surface area contributed by atoms with Gasteiger partial charge in [0.15, 0.2) is 0 Å². The zero-order valence-electron chi connectivity index (χ0n) is 16.0. The van der Waals surface area contributed by atoms with Crippen molar-refractivity contribution in [2.24, 2.45) is 0 Å². The predicted octanol–water partition coefficient (Wildman–Crippen LogP) is 4.13. The highest BCUT2D eigenvalue weighted by atomic mass is 32.2. The van der Waals surface area contributed by atoms with Crippen molar-refractivity contribution in [3.05, 3.63) is 76.4 Å². The lowest BCUT2D eigenvalue weighted by molar-refractivity contribution is -0.117. The maximum absolute atomic E-state index is 12.7. The van der Waals surface area contributed by atoms with Crippen molar-refractivity contribution in [3.8, 4) is 0 Å². The van der Waals surface area contributed by atoms with Crippen molar-refractivity contribution in [3.63, 3.8) is 0 Å². The van der Waals surface area contributed by atoms with Crippen molar-refractivity contribution in [2.45, 2.75) is 31.1 Å². The molecular formula is C23H22N2O2S. The van der Waals surface area contributed by atoms with Crippen LogP contribution in [0.2, 0.25) is 0 Å². The maximum atomic E-state index is 12.7. The van der Waals surface area contributed by atoms with E-state index < -0.39 is 0 Å². The average Bonchev–Trinajstić information content (AvgIpc) is 3.25. The number of hydrogen-bond acceptors (Lipinski definition) is 3. The lowest BCUT2D eigenvalue weighted by Gasteiger charge is -2.08. The van der Waals surface area contributed by atoms with E-state index in [2.05, 4.69) is 29.7 Å². The molecule has 0 aliphatic carbocycles. The van der Waals surface area contributed by atoms with Crippen LogP contribution in [0.4, 0.5) is 0 Å². The number of amides is 2. The molecule has 0 bridgehead atoms. The Bertz CT molecular complexity index is 1000. The summed E-state index contributed by atoms with van der Waals surface area (Å²) in [7, 11) is 0. The minimum Gasteiger partial charge on any atom is -0.321 e. The van der Waals surface area contributed by atoms with Gasteiger partial charge in [0.2, 0.25) is 0 Å². The minimum atomic E-state index is -0.234. The van der Waals surface area contributed by atoms with E-state index in [0.717, 1.165) is 35.3 Å². The molecule has 2 heterocycles. The van der Waals surface area contributed by atoms with Gasteiger partial charge in [0, 0.05) is 4.90 Å². The summed E-state index contributed by atoms with van der Waals surface area (Å²) in [5, 5.41) is 5.80. The van der Waals surface area contributed by atoms with Gasteiger partial charge in [0.05, 0.1) is 22.5 Å². The first-order chi connectivity index (χ1) is 13.6. The highest BCUT2D eigenvalue weighted by Gasteiger charge is 2.40. The van der Waals surface area contributed by atoms with Crippen LogP contribution < -0.4 is 10.6 Å². The highest BCUT2D eigenvalue weighted by molar-refractivity contribution is 7.98. The van der Waals surface area contributed by atoms with Crippen LogP contribution in [-0.2, 0) is 16.0 Å². The Morgan fingerprint density at radius 3 is 1.75 bits per heavy atom. The summed E-state index contributed by atoms with van der Waals surface area (Å²) < 4.78 is 0. The summed E-state index contributed by atoms with van der Waals surface area (Å²) in [5.74, 6) is -0.468. The Labute approximate surface area is 169 Å². The van der Waals surface area contributed by atoms with Crippen LogP contribution >= 0.6 is 11.8 Å². The number of unbranched alkanes of at least 4 members (excludes halogenated alkanes) is 1. The first-order valence-corrected chi connectivity index (χ1v) is 10.7. The molecule has 28 heavy (non-hydrogen) atoms. The molecule has 2 aliphatic heterocycles. The summed E-state index contributed by atoms with van der Waals surface area (Å²) in [6.45, 7) is 2.17. The Morgan fingerprint density at radius 2 is 1.29 bits per heavy atom. The quantitative estimate of drug-likeness (QED) is 0.729. The Kier molecular flexibility index (Phi) is 5.09. The molecule has 0 spiro atoms.